The highest BCUT2D eigenvalue weighted by atomic mass is 16.5. The molecule has 1 aromatic rings. The van der Waals surface area contributed by atoms with Gasteiger partial charge in [0.05, 0.1) is 6.61 Å². The van der Waals surface area contributed by atoms with E-state index in [2.05, 4.69) is 62.3 Å². The number of para-hydroxylation sites is 1. The summed E-state index contributed by atoms with van der Waals surface area (Å²) in [6.45, 7) is 9.46. The predicted octanol–water partition coefficient (Wildman–Crippen LogP) is 3.47. The van der Waals surface area contributed by atoms with Crippen molar-refractivity contribution in [1.29, 1.82) is 0 Å². The van der Waals surface area contributed by atoms with Crippen LogP contribution in [0.3, 0.4) is 0 Å². The van der Waals surface area contributed by atoms with Crippen LogP contribution in [-0.2, 0) is 0 Å². The number of nitrogens with one attached hydrogen (secondary N) is 1. The van der Waals surface area contributed by atoms with E-state index in [1.54, 1.807) is 0 Å². The SMILES string of the molecule is CCOc1ccccc1C1C(CNC(C)C)CCCN1C. The zero-order valence-electron chi connectivity index (χ0n) is 13.9. The van der Waals surface area contributed by atoms with Crippen molar-refractivity contribution in [2.24, 2.45) is 5.92 Å². The molecule has 1 aliphatic rings. The van der Waals surface area contributed by atoms with Gasteiger partial charge >= 0.3 is 0 Å². The van der Waals surface area contributed by atoms with E-state index < -0.39 is 0 Å². The summed E-state index contributed by atoms with van der Waals surface area (Å²) in [6.07, 6.45) is 2.57. The van der Waals surface area contributed by atoms with Gasteiger partial charge in [0.25, 0.3) is 0 Å². The molecule has 0 aromatic heterocycles. The summed E-state index contributed by atoms with van der Waals surface area (Å²) in [5, 5.41) is 3.62. The van der Waals surface area contributed by atoms with Crippen LogP contribution in [0.5, 0.6) is 5.75 Å². The molecule has 1 heterocycles. The van der Waals surface area contributed by atoms with Crippen LogP contribution in [0.4, 0.5) is 0 Å². The summed E-state index contributed by atoms with van der Waals surface area (Å²) in [4.78, 5) is 2.49. The second-order valence-electron chi connectivity index (χ2n) is 6.36. The molecule has 0 amide bonds. The predicted molar refractivity (Wildman–Crippen MR) is 88.8 cm³/mol. The molecule has 1 fully saturated rings. The topological polar surface area (TPSA) is 24.5 Å². The quantitative estimate of drug-likeness (QED) is 0.868. The molecule has 1 aromatic carbocycles. The standard InChI is InChI=1S/C18H30N2O/c1-5-21-17-11-7-6-10-16(17)18-15(13-19-14(2)3)9-8-12-20(18)4/h6-7,10-11,14-15,18-19H,5,8-9,12-13H2,1-4H3. The molecule has 1 N–H and O–H groups in total. The van der Waals surface area contributed by atoms with Crippen LogP contribution in [0.2, 0.25) is 0 Å². The average molecular weight is 290 g/mol. The molecule has 0 bridgehead atoms. The first-order valence-electron chi connectivity index (χ1n) is 8.28. The lowest BCUT2D eigenvalue weighted by atomic mass is 9.84. The number of hydrogen-bond donors (Lipinski definition) is 1. The zero-order chi connectivity index (χ0) is 15.2. The minimum atomic E-state index is 0.452. The molecule has 2 atom stereocenters. The van der Waals surface area contributed by atoms with Gasteiger partial charge in [0.15, 0.2) is 0 Å². The van der Waals surface area contributed by atoms with Crippen molar-refractivity contribution < 1.29 is 4.74 Å². The molecular formula is C18H30N2O. The van der Waals surface area contributed by atoms with Crippen LogP contribution in [0.25, 0.3) is 0 Å². The Bertz CT molecular complexity index is 433. The van der Waals surface area contributed by atoms with E-state index in [-0.39, 0.29) is 0 Å². The number of ether oxygens (including phenoxy) is 1. The van der Waals surface area contributed by atoms with Crippen LogP contribution in [0, 0.1) is 5.92 Å². The Morgan fingerprint density at radius 1 is 1.33 bits per heavy atom. The van der Waals surface area contributed by atoms with Gasteiger partial charge < -0.3 is 10.1 Å². The first-order chi connectivity index (χ1) is 10.1. The molecule has 0 aliphatic carbocycles. The van der Waals surface area contributed by atoms with Gasteiger partial charge in [-0.15, -0.1) is 0 Å². The first-order valence-corrected chi connectivity index (χ1v) is 8.28. The van der Waals surface area contributed by atoms with Gasteiger partial charge in [0.1, 0.15) is 5.75 Å². The minimum Gasteiger partial charge on any atom is -0.494 e. The van der Waals surface area contributed by atoms with E-state index in [1.807, 2.05) is 0 Å². The lowest BCUT2D eigenvalue weighted by Gasteiger charge is -2.40. The average Bonchev–Trinajstić information content (AvgIpc) is 2.46. The Labute approximate surface area is 129 Å². The third-order valence-electron chi connectivity index (χ3n) is 4.33. The maximum absolute atomic E-state index is 5.87. The fraction of sp³-hybridized carbons (Fsp3) is 0.667. The fourth-order valence-corrected chi connectivity index (χ4v) is 3.36. The molecule has 2 unspecified atom stereocenters. The number of piperidine rings is 1. The summed E-state index contributed by atoms with van der Waals surface area (Å²) < 4.78 is 5.87. The van der Waals surface area contributed by atoms with Gasteiger partial charge in [-0.05, 0) is 45.3 Å². The molecule has 118 valence electrons. The number of nitrogens with zero attached hydrogens (tertiary/aromatic N) is 1. The Morgan fingerprint density at radius 3 is 2.81 bits per heavy atom. The van der Waals surface area contributed by atoms with E-state index in [4.69, 9.17) is 4.74 Å². The maximum Gasteiger partial charge on any atom is 0.124 e. The van der Waals surface area contributed by atoms with Crippen molar-refractivity contribution in [1.82, 2.24) is 10.2 Å². The fourth-order valence-electron chi connectivity index (χ4n) is 3.36. The number of benzene rings is 1. The summed E-state index contributed by atoms with van der Waals surface area (Å²) in [5.74, 6) is 1.70. The van der Waals surface area contributed by atoms with Crippen molar-refractivity contribution in [2.45, 2.75) is 45.7 Å². The van der Waals surface area contributed by atoms with E-state index in [0.717, 1.165) is 18.9 Å². The van der Waals surface area contributed by atoms with Crippen molar-refractivity contribution in [3.8, 4) is 5.75 Å². The molecule has 0 spiro atoms. The second kappa shape index (κ2) is 7.81. The lowest BCUT2D eigenvalue weighted by molar-refractivity contribution is 0.115. The summed E-state index contributed by atoms with van der Waals surface area (Å²) in [6, 6.07) is 9.53. The van der Waals surface area contributed by atoms with Crippen LogP contribution >= 0.6 is 0 Å². The Kier molecular flexibility index (Phi) is 6.07. The van der Waals surface area contributed by atoms with Crippen molar-refractivity contribution in [2.75, 3.05) is 26.7 Å². The zero-order valence-corrected chi connectivity index (χ0v) is 13.9. The van der Waals surface area contributed by atoms with Gasteiger partial charge in [-0.2, -0.15) is 0 Å². The smallest absolute Gasteiger partial charge is 0.124 e. The summed E-state index contributed by atoms with van der Waals surface area (Å²) in [7, 11) is 2.24. The van der Waals surface area contributed by atoms with Crippen molar-refractivity contribution in [3.05, 3.63) is 29.8 Å². The lowest BCUT2D eigenvalue weighted by Crippen LogP contribution is -2.42. The van der Waals surface area contributed by atoms with Gasteiger partial charge in [-0.25, -0.2) is 0 Å². The molecule has 3 nitrogen and oxygen atoms in total. The van der Waals surface area contributed by atoms with E-state index >= 15 is 0 Å². The molecule has 1 saturated heterocycles. The van der Waals surface area contributed by atoms with Gasteiger partial charge in [-0.1, -0.05) is 32.0 Å². The Hall–Kier alpha value is -1.06. The normalized spacial score (nSPS) is 23.5. The molecule has 0 saturated carbocycles. The third kappa shape index (κ3) is 4.21. The largest absolute Gasteiger partial charge is 0.494 e. The van der Waals surface area contributed by atoms with Gasteiger partial charge in [0, 0.05) is 24.2 Å². The Balaban J connectivity index is 2.23. The van der Waals surface area contributed by atoms with Gasteiger partial charge in [0.2, 0.25) is 0 Å². The monoisotopic (exact) mass is 290 g/mol. The highest BCUT2D eigenvalue weighted by molar-refractivity contribution is 5.36. The highest BCUT2D eigenvalue weighted by Crippen LogP contribution is 2.38. The molecule has 3 heteroatoms. The molecule has 0 radical (unpaired) electrons. The Morgan fingerprint density at radius 2 is 2.10 bits per heavy atom. The van der Waals surface area contributed by atoms with E-state index in [9.17, 15) is 0 Å². The van der Waals surface area contributed by atoms with Crippen LogP contribution in [-0.4, -0.2) is 37.7 Å². The number of hydrogen-bond acceptors (Lipinski definition) is 3. The summed E-state index contributed by atoms with van der Waals surface area (Å²) in [5.41, 5.74) is 1.34. The van der Waals surface area contributed by atoms with Crippen LogP contribution < -0.4 is 10.1 Å². The van der Waals surface area contributed by atoms with E-state index in [1.165, 1.54) is 24.9 Å². The second-order valence-corrected chi connectivity index (χ2v) is 6.36. The van der Waals surface area contributed by atoms with Crippen LogP contribution in [0.1, 0.15) is 45.2 Å². The first kappa shape index (κ1) is 16.3. The van der Waals surface area contributed by atoms with Crippen molar-refractivity contribution in [3.63, 3.8) is 0 Å². The maximum atomic E-state index is 5.87. The number of rotatable bonds is 6. The van der Waals surface area contributed by atoms with Crippen molar-refractivity contribution >= 4 is 0 Å². The van der Waals surface area contributed by atoms with E-state index in [0.29, 0.717) is 18.0 Å². The molecule has 21 heavy (non-hydrogen) atoms. The third-order valence-corrected chi connectivity index (χ3v) is 4.33. The molecule has 2 rings (SSSR count). The summed E-state index contributed by atoms with van der Waals surface area (Å²) >= 11 is 0. The minimum absolute atomic E-state index is 0.452. The van der Waals surface area contributed by atoms with Crippen LogP contribution in [0.15, 0.2) is 24.3 Å². The molecular weight excluding hydrogens is 260 g/mol. The number of likely N-dealkylation sites (tertiary alicyclic amines) is 1. The molecule has 1 aliphatic heterocycles. The van der Waals surface area contributed by atoms with Gasteiger partial charge in [-0.3, -0.25) is 4.90 Å². The highest BCUT2D eigenvalue weighted by Gasteiger charge is 2.32.